The molecule has 4 heteroatoms. The monoisotopic (exact) mass is 306 g/mol. The van der Waals surface area contributed by atoms with E-state index in [-0.39, 0.29) is 0 Å². The Balaban J connectivity index is 1.93. The van der Waals surface area contributed by atoms with Crippen LogP contribution in [0.4, 0.5) is 0 Å². The Morgan fingerprint density at radius 1 is 1.20 bits per heavy atom. The number of hydrogen-bond acceptors (Lipinski definition) is 4. The number of thiazole rings is 1. The van der Waals surface area contributed by atoms with E-state index in [9.17, 15) is 0 Å². The van der Waals surface area contributed by atoms with E-state index in [1.807, 2.05) is 18.8 Å². The zero-order valence-corrected chi connectivity index (χ0v) is 14.1. The molecule has 1 heterocycles. The number of nitrogens with one attached hydrogen (secondary N) is 1. The van der Waals surface area contributed by atoms with E-state index in [4.69, 9.17) is 0 Å². The van der Waals surface area contributed by atoms with Gasteiger partial charge in [-0.2, -0.15) is 0 Å². The van der Waals surface area contributed by atoms with Crippen LogP contribution in [0.3, 0.4) is 0 Å². The van der Waals surface area contributed by atoms with E-state index >= 15 is 0 Å². The van der Waals surface area contributed by atoms with Gasteiger partial charge in [0.1, 0.15) is 0 Å². The molecule has 108 valence electrons. The van der Waals surface area contributed by atoms with Crippen molar-refractivity contribution in [3.8, 4) is 0 Å². The summed E-state index contributed by atoms with van der Waals surface area (Å²) in [5, 5.41) is 6.67. The second-order valence-electron chi connectivity index (χ2n) is 5.20. The SMILES string of the molecule is CNC(C)c1ccc(SCc2csc(C(C)C)n2)cc1. The summed E-state index contributed by atoms with van der Waals surface area (Å²) < 4.78 is 0. The minimum atomic E-state index is 0.404. The Kier molecular flexibility index (Phi) is 5.64. The van der Waals surface area contributed by atoms with Gasteiger partial charge in [-0.25, -0.2) is 4.98 Å². The second kappa shape index (κ2) is 7.25. The van der Waals surface area contributed by atoms with E-state index in [0.717, 1.165) is 5.75 Å². The molecule has 2 aromatic rings. The predicted molar refractivity (Wildman–Crippen MR) is 89.7 cm³/mol. The van der Waals surface area contributed by atoms with Gasteiger partial charge >= 0.3 is 0 Å². The molecule has 20 heavy (non-hydrogen) atoms. The summed E-state index contributed by atoms with van der Waals surface area (Å²) in [5.41, 5.74) is 2.52. The van der Waals surface area contributed by atoms with Crippen LogP contribution in [0.2, 0.25) is 0 Å². The first-order chi connectivity index (χ1) is 9.60. The maximum absolute atomic E-state index is 4.67. The quantitative estimate of drug-likeness (QED) is 0.773. The standard InChI is InChI=1S/C16H22N2S2/c1-11(2)16-18-14(10-20-16)9-19-15-7-5-13(6-8-15)12(3)17-4/h5-8,10-12,17H,9H2,1-4H3. The smallest absolute Gasteiger partial charge is 0.0954 e. The molecule has 1 aromatic carbocycles. The third-order valence-corrected chi connectivity index (χ3v) is 5.50. The molecule has 0 saturated heterocycles. The second-order valence-corrected chi connectivity index (χ2v) is 7.14. The number of nitrogens with zero attached hydrogens (tertiary/aromatic N) is 1. The van der Waals surface area contributed by atoms with E-state index < -0.39 is 0 Å². The Morgan fingerprint density at radius 3 is 2.45 bits per heavy atom. The summed E-state index contributed by atoms with van der Waals surface area (Å²) in [5.74, 6) is 1.48. The van der Waals surface area contributed by atoms with Crippen molar-refractivity contribution >= 4 is 23.1 Å². The highest BCUT2D eigenvalue weighted by atomic mass is 32.2. The highest BCUT2D eigenvalue weighted by Crippen LogP contribution is 2.26. The van der Waals surface area contributed by atoms with Crippen LogP contribution in [0.5, 0.6) is 0 Å². The zero-order valence-electron chi connectivity index (χ0n) is 12.5. The molecular weight excluding hydrogens is 284 g/mol. The Morgan fingerprint density at radius 2 is 1.90 bits per heavy atom. The van der Waals surface area contributed by atoms with Gasteiger partial charge < -0.3 is 5.32 Å². The summed E-state index contributed by atoms with van der Waals surface area (Å²) in [6, 6.07) is 9.20. The van der Waals surface area contributed by atoms with Crippen molar-refractivity contribution < 1.29 is 0 Å². The first-order valence-corrected chi connectivity index (χ1v) is 8.81. The first kappa shape index (κ1) is 15.5. The Hall–Kier alpha value is -0.840. The van der Waals surface area contributed by atoms with Crippen LogP contribution in [0.15, 0.2) is 34.5 Å². The third-order valence-electron chi connectivity index (χ3n) is 3.26. The lowest BCUT2D eigenvalue weighted by atomic mass is 10.1. The van der Waals surface area contributed by atoms with Gasteiger partial charge in [-0.1, -0.05) is 26.0 Å². The third kappa shape index (κ3) is 4.08. The predicted octanol–water partition coefficient (Wildman–Crippen LogP) is 4.84. The Labute approximate surface area is 130 Å². The Bertz CT molecular complexity index is 532. The minimum Gasteiger partial charge on any atom is -0.313 e. The van der Waals surface area contributed by atoms with Crippen molar-refractivity contribution in [1.82, 2.24) is 10.3 Å². The van der Waals surface area contributed by atoms with Crippen molar-refractivity contribution in [2.45, 2.75) is 43.4 Å². The minimum absolute atomic E-state index is 0.404. The molecular formula is C16H22N2S2. The molecule has 0 amide bonds. The molecule has 0 fully saturated rings. The topological polar surface area (TPSA) is 24.9 Å². The number of thioether (sulfide) groups is 1. The van der Waals surface area contributed by atoms with Gasteiger partial charge in [0, 0.05) is 28.0 Å². The molecule has 0 radical (unpaired) electrons. The molecule has 0 saturated carbocycles. The lowest BCUT2D eigenvalue weighted by Crippen LogP contribution is -2.11. The summed E-state index contributed by atoms with van der Waals surface area (Å²) >= 11 is 3.62. The van der Waals surface area contributed by atoms with Crippen LogP contribution >= 0.6 is 23.1 Å². The van der Waals surface area contributed by atoms with Crippen molar-refractivity contribution in [3.05, 3.63) is 45.9 Å². The van der Waals surface area contributed by atoms with Crippen LogP contribution in [0, 0.1) is 0 Å². The van der Waals surface area contributed by atoms with E-state index in [2.05, 4.69) is 60.7 Å². The largest absolute Gasteiger partial charge is 0.313 e. The summed E-state index contributed by atoms with van der Waals surface area (Å²) in [6.07, 6.45) is 0. The highest BCUT2D eigenvalue weighted by Gasteiger charge is 2.07. The van der Waals surface area contributed by atoms with Crippen LogP contribution in [-0.4, -0.2) is 12.0 Å². The number of benzene rings is 1. The molecule has 2 nitrogen and oxygen atoms in total. The van der Waals surface area contributed by atoms with Crippen LogP contribution < -0.4 is 5.32 Å². The molecule has 1 aromatic heterocycles. The van der Waals surface area contributed by atoms with E-state index in [1.165, 1.54) is 21.2 Å². The molecule has 0 bridgehead atoms. The zero-order chi connectivity index (χ0) is 14.5. The van der Waals surface area contributed by atoms with Crippen LogP contribution in [-0.2, 0) is 5.75 Å². The molecule has 1 unspecified atom stereocenters. The van der Waals surface area contributed by atoms with Crippen LogP contribution in [0.1, 0.15) is 49.0 Å². The van der Waals surface area contributed by atoms with Crippen LogP contribution in [0.25, 0.3) is 0 Å². The molecule has 2 rings (SSSR count). The molecule has 0 spiro atoms. The van der Waals surface area contributed by atoms with Gasteiger partial charge in [-0.15, -0.1) is 23.1 Å². The maximum atomic E-state index is 4.67. The summed E-state index contributed by atoms with van der Waals surface area (Å²) in [6.45, 7) is 6.56. The van der Waals surface area contributed by atoms with Crippen molar-refractivity contribution in [2.24, 2.45) is 0 Å². The lowest BCUT2D eigenvalue weighted by molar-refractivity contribution is 0.652. The average molecular weight is 306 g/mol. The summed E-state index contributed by atoms with van der Waals surface area (Å²) in [4.78, 5) is 5.97. The molecule has 1 N–H and O–H groups in total. The fourth-order valence-corrected chi connectivity index (χ4v) is 3.56. The van der Waals surface area contributed by atoms with Gasteiger partial charge in [-0.3, -0.25) is 0 Å². The van der Waals surface area contributed by atoms with Gasteiger partial charge in [0.2, 0.25) is 0 Å². The number of rotatable bonds is 6. The van der Waals surface area contributed by atoms with Crippen molar-refractivity contribution in [2.75, 3.05) is 7.05 Å². The molecule has 0 aliphatic carbocycles. The molecule has 0 aliphatic rings. The molecule has 1 atom stereocenters. The highest BCUT2D eigenvalue weighted by molar-refractivity contribution is 7.98. The van der Waals surface area contributed by atoms with E-state index in [0.29, 0.717) is 12.0 Å². The van der Waals surface area contributed by atoms with Gasteiger partial charge in [0.05, 0.1) is 10.7 Å². The van der Waals surface area contributed by atoms with E-state index in [1.54, 1.807) is 11.3 Å². The maximum Gasteiger partial charge on any atom is 0.0954 e. The van der Waals surface area contributed by atoms with Crippen molar-refractivity contribution in [3.63, 3.8) is 0 Å². The van der Waals surface area contributed by atoms with Gasteiger partial charge in [0.15, 0.2) is 0 Å². The fourth-order valence-electron chi connectivity index (χ4n) is 1.83. The average Bonchev–Trinajstić information content (AvgIpc) is 2.94. The first-order valence-electron chi connectivity index (χ1n) is 6.94. The number of hydrogen-bond donors (Lipinski definition) is 1. The molecule has 0 aliphatic heterocycles. The van der Waals surface area contributed by atoms with Gasteiger partial charge in [-0.05, 0) is 31.7 Å². The summed E-state index contributed by atoms with van der Waals surface area (Å²) in [7, 11) is 1.99. The van der Waals surface area contributed by atoms with Crippen molar-refractivity contribution in [1.29, 1.82) is 0 Å². The normalized spacial score (nSPS) is 12.8. The fraction of sp³-hybridized carbons (Fsp3) is 0.438. The number of aromatic nitrogens is 1. The lowest BCUT2D eigenvalue weighted by Gasteiger charge is -2.10. The van der Waals surface area contributed by atoms with Gasteiger partial charge in [0.25, 0.3) is 0 Å².